The molecule has 7 nitrogen and oxygen atoms in total. The molecule has 0 bridgehead atoms. The Morgan fingerprint density at radius 1 is 1.13 bits per heavy atom. The number of fused-ring (bicyclic) bond motifs is 1. The van der Waals surface area contributed by atoms with Gasteiger partial charge in [-0.1, -0.05) is 6.07 Å². The van der Waals surface area contributed by atoms with Gasteiger partial charge in [-0.05, 0) is 57.4 Å². The number of rotatable bonds is 5. The van der Waals surface area contributed by atoms with Crippen molar-refractivity contribution in [1.29, 1.82) is 0 Å². The molecule has 0 aliphatic carbocycles. The summed E-state index contributed by atoms with van der Waals surface area (Å²) in [5, 5.41) is 0. The summed E-state index contributed by atoms with van der Waals surface area (Å²) in [4.78, 5) is 27.3. The number of aryl methyl sites for hydroxylation is 1. The van der Waals surface area contributed by atoms with Gasteiger partial charge in [-0.3, -0.25) is 4.79 Å². The second-order valence-electron chi connectivity index (χ2n) is 7.74. The zero-order chi connectivity index (χ0) is 21.3. The molecule has 2 aliphatic rings. The minimum Gasteiger partial charge on any atom is -0.486 e. The van der Waals surface area contributed by atoms with Gasteiger partial charge < -0.3 is 23.7 Å². The number of aromatic nitrogens is 1. The van der Waals surface area contributed by atoms with Crippen LogP contribution in [0.25, 0.3) is 0 Å². The lowest BCUT2D eigenvalue weighted by atomic mass is 10.0. The topological polar surface area (TPSA) is 70.0 Å². The van der Waals surface area contributed by atoms with Gasteiger partial charge in [-0.25, -0.2) is 4.79 Å². The van der Waals surface area contributed by atoms with Crippen LogP contribution in [0.2, 0.25) is 0 Å². The number of nitrogens with zero attached hydrogens (tertiary/aromatic N) is 2. The molecule has 0 radical (unpaired) electrons. The van der Waals surface area contributed by atoms with E-state index >= 15 is 0 Å². The molecule has 160 valence electrons. The van der Waals surface area contributed by atoms with Crippen LogP contribution in [0.3, 0.4) is 0 Å². The summed E-state index contributed by atoms with van der Waals surface area (Å²) >= 11 is 0. The third-order valence-electron chi connectivity index (χ3n) is 5.89. The number of ether oxygens (including phenoxy) is 3. The van der Waals surface area contributed by atoms with Crippen molar-refractivity contribution in [2.45, 2.75) is 46.2 Å². The van der Waals surface area contributed by atoms with E-state index in [0.717, 1.165) is 47.8 Å². The van der Waals surface area contributed by atoms with E-state index < -0.39 is 0 Å². The van der Waals surface area contributed by atoms with Crippen molar-refractivity contribution in [3.8, 4) is 11.5 Å². The third kappa shape index (κ3) is 3.76. The number of esters is 1. The van der Waals surface area contributed by atoms with Gasteiger partial charge in [0.2, 0.25) is 5.91 Å². The first-order valence-electron chi connectivity index (χ1n) is 10.5. The fraction of sp³-hybridized carbons (Fsp3) is 0.478. The zero-order valence-electron chi connectivity index (χ0n) is 17.8. The second-order valence-corrected chi connectivity index (χ2v) is 7.74. The minimum absolute atomic E-state index is 0.0222. The summed E-state index contributed by atoms with van der Waals surface area (Å²) in [5.41, 5.74) is 3.22. The number of carbonyl (C=O) groups is 2. The zero-order valence-corrected chi connectivity index (χ0v) is 17.8. The number of carbonyl (C=O) groups excluding carboxylic acids is 2. The molecule has 1 amide bonds. The maximum absolute atomic E-state index is 13.2. The summed E-state index contributed by atoms with van der Waals surface area (Å²) < 4.78 is 18.4. The molecule has 1 saturated heterocycles. The highest BCUT2D eigenvalue weighted by molar-refractivity contribution is 5.91. The monoisotopic (exact) mass is 412 g/mol. The van der Waals surface area contributed by atoms with Gasteiger partial charge in [0.15, 0.2) is 11.5 Å². The average Bonchev–Trinajstić information content (AvgIpc) is 3.34. The molecule has 7 heteroatoms. The Labute approximate surface area is 176 Å². The van der Waals surface area contributed by atoms with Crippen LogP contribution in [-0.2, 0) is 16.1 Å². The fourth-order valence-corrected chi connectivity index (χ4v) is 4.37. The van der Waals surface area contributed by atoms with Crippen molar-refractivity contribution in [2.24, 2.45) is 0 Å². The smallest absolute Gasteiger partial charge is 0.339 e. The molecule has 2 aromatic rings. The van der Waals surface area contributed by atoms with E-state index in [4.69, 9.17) is 14.2 Å². The van der Waals surface area contributed by atoms with Crippen LogP contribution in [0.1, 0.15) is 53.1 Å². The van der Waals surface area contributed by atoms with Crippen molar-refractivity contribution in [1.82, 2.24) is 9.47 Å². The molecule has 2 aliphatic heterocycles. The molecule has 0 N–H and O–H groups in total. The predicted octanol–water partition coefficient (Wildman–Crippen LogP) is 3.42. The highest BCUT2D eigenvalue weighted by Crippen LogP contribution is 2.38. The summed E-state index contributed by atoms with van der Waals surface area (Å²) in [5.74, 6) is 1.20. The highest BCUT2D eigenvalue weighted by atomic mass is 16.6. The summed E-state index contributed by atoms with van der Waals surface area (Å²) in [6, 6.07) is 7.76. The average molecular weight is 412 g/mol. The summed E-state index contributed by atoms with van der Waals surface area (Å²) in [6.07, 6.45) is 1.88. The van der Waals surface area contributed by atoms with Crippen molar-refractivity contribution >= 4 is 11.9 Å². The molecule has 0 spiro atoms. The van der Waals surface area contributed by atoms with Crippen LogP contribution < -0.4 is 9.47 Å². The van der Waals surface area contributed by atoms with Crippen LogP contribution in [-0.4, -0.2) is 47.7 Å². The van der Waals surface area contributed by atoms with E-state index in [1.54, 1.807) is 13.0 Å². The van der Waals surface area contributed by atoms with Gasteiger partial charge in [0, 0.05) is 17.9 Å². The van der Waals surface area contributed by atoms with E-state index in [1.165, 1.54) is 0 Å². The highest BCUT2D eigenvalue weighted by Gasteiger charge is 2.31. The molecule has 3 heterocycles. The fourth-order valence-electron chi connectivity index (χ4n) is 4.37. The first-order valence-corrected chi connectivity index (χ1v) is 10.5. The molecule has 1 unspecified atom stereocenters. The van der Waals surface area contributed by atoms with Crippen LogP contribution in [0.4, 0.5) is 0 Å². The lowest BCUT2D eigenvalue weighted by Crippen LogP contribution is -2.34. The molecule has 1 aromatic heterocycles. The number of hydrogen-bond donors (Lipinski definition) is 0. The molecule has 4 rings (SSSR count). The Bertz CT molecular complexity index is 965. The first-order chi connectivity index (χ1) is 14.5. The van der Waals surface area contributed by atoms with Gasteiger partial charge >= 0.3 is 5.97 Å². The Morgan fingerprint density at radius 3 is 2.67 bits per heavy atom. The predicted molar refractivity (Wildman–Crippen MR) is 111 cm³/mol. The second kappa shape index (κ2) is 8.42. The van der Waals surface area contributed by atoms with E-state index in [2.05, 4.69) is 0 Å². The largest absolute Gasteiger partial charge is 0.486 e. The minimum atomic E-state index is -0.348. The van der Waals surface area contributed by atoms with Gasteiger partial charge in [0.1, 0.15) is 19.8 Å². The van der Waals surface area contributed by atoms with Crippen molar-refractivity contribution in [2.75, 3.05) is 26.4 Å². The standard InChI is InChI=1S/C23H28N2O5/c1-4-28-23(27)18-12-15(2)25(16(18)3)14-22(26)24-9-5-6-19(24)17-7-8-20-21(13-17)30-11-10-29-20/h7-8,12-13,19H,4-6,9-11,14H2,1-3H3. The van der Waals surface area contributed by atoms with Crippen molar-refractivity contribution in [3.63, 3.8) is 0 Å². The maximum atomic E-state index is 13.2. The first kappa shape index (κ1) is 20.3. The maximum Gasteiger partial charge on any atom is 0.339 e. The van der Waals surface area contributed by atoms with Crippen LogP contribution >= 0.6 is 0 Å². The van der Waals surface area contributed by atoms with Crippen LogP contribution in [0.5, 0.6) is 11.5 Å². The molecular formula is C23H28N2O5. The normalized spacial score (nSPS) is 17.8. The number of hydrogen-bond acceptors (Lipinski definition) is 5. The summed E-state index contributed by atoms with van der Waals surface area (Å²) in [7, 11) is 0. The van der Waals surface area contributed by atoms with E-state index in [0.29, 0.717) is 25.4 Å². The third-order valence-corrected chi connectivity index (χ3v) is 5.89. The molecule has 0 saturated carbocycles. The molecule has 1 fully saturated rings. The number of amides is 1. The molecule has 30 heavy (non-hydrogen) atoms. The Balaban J connectivity index is 1.53. The molecule has 1 aromatic carbocycles. The Morgan fingerprint density at radius 2 is 1.90 bits per heavy atom. The van der Waals surface area contributed by atoms with Gasteiger partial charge in [0.25, 0.3) is 0 Å². The quantitative estimate of drug-likeness (QED) is 0.704. The number of benzene rings is 1. The lowest BCUT2D eigenvalue weighted by Gasteiger charge is -2.27. The van der Waals surface area contributed by atoms with Crippen molar-refractivity contribution in [3.05, 3.63) is 46.8 Å². The van der Waals surface area contributed by atoms with Gasteiger partial charge in [-0.2, -0.15) is 0 Å². The number of likely N-dealkylation sites (tertiary alicyclic amines) is 1. The SMILES string of the molecule is CCOC(=O)c1cc(C)n(CC(=O)N2CCCC2c2ccc3c(c2)OCCO3)c1C. The van der Waals surface area contributed by atoms with Gasteiger partial charge in [0.05, 0.1) is 18.2 Å². The van der Waals surface area contributed by atoms with E-state index in [-0.39, 0.29) is 24.5 Å². The van der Waals surface area contributed by atoms with Crippen LogP contribution in [0, 0.1) is 13.8 Å². The summed E-state index contributed by atoms with van der Waals surface area (Å²) in [6.45, 7) is 7.90. The van der Waals surface area contributed by atoms with E-state index in [1.807, 2.05) is 41.5 Å². The molecule has 1 atom stereocenters. The van der Waals surface area contributed by atoms with Gasteiger partial charge in [-0.15, -0.1) is 0 Å². The van der Waals surface area contributed by atoms with Crippen molar-refractivity contribution < 1.29 is 23.8 Å². The van der Waals surface area contributed by atoms with Crippen LogP contribution in [0.15, 0.2) is 24.3 Å². The Hall–Kier alpha value is -2.96. The lowest BCUT2D eigenvalue weighted by molar-refractivity contribution is -0.132. The molecular weight excluding hydrogens is 384 g/mol. The Kier molecular flexibility index (Phi) is 5.70. The van der Waals surface area contributed by atoms with E-state index in [9.17, 15) is 9.59 Å².